The van der Waals surface area contributed by atoms with Crippen LogP contribution in [0, 0.1) is 0 Å². The maximum atomic E-state index is 12.2. The molecule has 22 heavy (non-hydrogen) atoms. The Balaban J connectivity index is 2.24. The molecular formula is C16H12BrN3O2. The zero-order valence-corrected chi connectivity index (χ0v) is 13.3. The van der Waals surface area contributed by atoms with Gasteiger partial charge >= 0.3 is 0 Å². The molecule has 1 aromatic carbocycles. The fourth-order valence-electron chi connectivity index (χ4n) is 2.19. The van der Waals surface area contributed by atoms with Gasteiger partial charge in [-0.05, 0) is 24.3 Å². The number of hydrogen-bond donors (Lipinski definition) is 1. The van der Waals surface area contributed by atoms with Crippen LogP contribution in [-0.4, -0.2) is 33.2 Å². The highest BCUT2D eigenvalue weighted by atomic mass is 79.9. The lowest BCUT2D eigenvalue weighted by Gasteiger charge is -2.12. The molecule has 0 aliphatic rings. The summed E-state index contributed by atoms with van der Waals surface area (Å²) in [6, 6.07) is 11.1. The molecule has 1 N–H and O–H groups in total. The first-order valence-corrected chi connectivity index (χ1v) is 7.33. The number of halogens is 1. The Bertz CT molecular complexity index is 848. The first kappa shape index (κ1) is 14.6. The number of benzene rings is 1. The molecule has 1 amide bonds. The van der Waals surface area contributed by atoms with Crippen LogP contribution in [0.25, 0.3) is 22.2 Å². The second kappa shape index (κ2) is 5.82. The van der Waals surface area contributed by atoms with Crippen molar-refractivity contribution in [3.63, 3.8) is 0 Å². The highest BCUT2D eigenvalue weighted by Crippen LogP contribution is 2.26. The van der Waals surface area contributed by atoms with E-state index in [9.17, 15) is 10.0 Å². The number of aromatic nitrogens is 2. The fraction of sp³-hybridized carbons (Fsp3) is 0.0625. The van der Waals surface area contributed by atoms with Crippen molar-refractivity contribution >= 4 is 32.7 Å². The van der Waals surface area contributed by atoms with Gasteiger partial charge in [0.15, 0.2) is 0 Å². The Morgan fingerprint density at radius 1 is 1.23 bits per heavy atom. The van der Waals surface area contributed by atoms with E-state index in [-0.39, 0.29) is 0 Å². The summed E-state index contributed by atoms with van der Waals surface area (Å²) in [5.41, 5.74) is 2.56. The predicted octanol–water partition coefficient (Wildman–Crippen LogP) is 3.52. The molecule has 3 aromatic rings. The Hall–Kier alpha value is -2.31. The molecule has 0 atom stereocenters. The third-order valence-corrected chi connectivity index (χ3v) is 3.80. The minimum atomic E-state index is -0.501. The predicted molar refractivity (Wildman–Crippen MR) is 86.6 cm³/mol. The van der Waals surface area contributed by atoms with Crippen LogP contribution < -0.4 is 0 Å². The van der Waals surface area contributed by atoms with Gasteiger partial charge in [0, 0.05) is 34.9 Å². The molecule has 0 bridgehead atoms. The van der Waals surface area contributed by atoms with Crippen LogP contribution in [0.1, 0.15) is 10.4 Å². The van der Waals surface area contributed by atoms with E-state index in [2.05, 4.69) is 25.9 Å². The largest absolute Gasteiger partial charge is 0.286 e. The van der Waals surface area contributed by atoms with Crippen LogP contribution in [0.2, 0.25) is 0 Å². The van der Waals surface area contributed by atoms with Gasteiger partial charge in [0.1, 0.15) is 0 Å². The highest BCUT2D eigenvalue weighted by molar-refractivity contribution is 9.10. The minimum absolute atomic E-state index is 0.362. The average molecular weight is 358 g/mol. The molecular weight excluding hydrogens is 346 g/mol. The van der Waals surface area contributed by atoms with Crippen molar-refractivity contribution in [3.05, 3.63) is 58.8 Å². The van der Waals surface area contributed by atoms with Crippen molar-refractivity contribution in [3.8, 4) is 11.3 Å². The summed E-state index contributed by atoms with van der Waals surface area (Å²) in [6.45, 7) is 0. The van der Waals surface area contributed by atoms with Gasteiger partial charge in [0.05, 0.1) is 16.8 Å². The first-order valence-electron chi connectivity index (χ1n) is 6.54. The molecule has 0 aliphatic heterocycles. The number of fused-ring (bicyclic) bond motifs is 1. The highest BCUT2D eigenvalue weighted by Gasteiger charge is 2.16. The second-order valence-electron chi connectivity index (χ2n) is 4.78. The molecule has 0 radical (unpaired) electrons. The third-order valence-electron chi connectivity index (χ3n) is 3.27. The zero-order valence-electron chi connectivity index (χ0n) is 11.7. The van der Waals surface area contributed by atoms with E-state index in [0.29, 0.717) is 27.2 Å². The van der Waals surface area contributed by atoms with Crippen LogP contribution in [0.5, 0.6) is 0 Å². The van der Waals surface area contributed by atoms with Gasteiger partial charge in [-0.15, -0.1) is 0 Å². The molecule has 2 aromatic heterocycles. The Morgan fingerprint density at radius 2 is 1.95 bits per heavy atom. The summed E-state index contributed by atoms with van der Waals surface area (Å²) in [5, 5.41) is 10.6. The minimum Gasteiger partial charge on any atom is -0.286 e. The van der Waals surface area contributed by atoms with Crippen molar-refractivity contribution < 1.29 is 10.0 Å². The smallest absolute Gasteiger partial charge is 0.277 e. The number of amides is 1. The summed E-state index contributed by atoms with van der Waals surface area (Å²) in [5.74, 6) is -0.501. The second-order valence-corrected chi connectivity index (χ2v) is 5.70. The van der Waals surface area contributed by atoms with Crippen molar-refractivity contribution in [2.24, 2.45) is 0 Å². The van der Waals surface area contributed by atoms with Crippen LogP contribution in [0.15, 0.2) is 53.3 Å². The van der Waals surface area contributed by atoms with Gasteiger partial charge in [0.2, 0.25) is 0 Å². The van der Waals surface area contributed by atoms with Gasteiger partial charge < -0.3 is 0 Å². The molecule has 110 valence electrons. The van der Waals surface area contributed by atoms with Gasteiger partial charge in [-0.1, -0.05) is 28.1 Å². The monoisotopic (exact) mass is 357 g/mol. The molecule has 0 fully saturated rings. The number of hydrogen-bond acceptors (Lipinski definition) is 4. The average Bonchev–Trinajstić information content (AvgIpc) is 2.53. The van der Waals surface area contributed by atoms with Gasteiger partial charge in [-0.25, -0.2) is 10.0 Å². The molecule has 0 saturated heterocycles. The van der Waals surface area contributed by atoms with Gasteiger partial charge in [-0.2, -0.15) is 0 Å². The summed E-state index contributed by atoms with van der Waals surface area (Å²) >= 11 is 3.39. The number of rotatable bonds is 2. The SMILES string of the molecule is CN(O)C(=O)c1cc(-c2ccc(Br)cc2)nc2ccncc12. The first-order chi connectivity index (χ1) is 10.6. The number of carbonyl (C=O) groups is 1. The van der Waals surface area contributed by atoms with E-state index in [4.69, 9.17) is 0 Å². The maximum Gasteiger partial charge on any atom is 0.277 e. The zero-order chi connectivity index (χ0) is 15.7. The topological polar surface area (TPSA) is 66.3 Å². The molecule has 2 heterocycles. The molecule has 0 saturated carbocycles. The fourth-order valence-corrected chi connectivity index (χ4v) is 2.45. The summed E-state index contributed by atoms with van der Waals surface area (Å²) in [4.78, 5) is 20.8. The molecule has 6 heteroatoms. The van der Waals surface area contributed by atoms with Crippen molar-refractivity contribution in [1.29, 1.82) is 0 Å². The lowest BCUT2D eigenvalue weighted by atomic mass is 10.0. The van der Waals surface area contributed by atoms with Crippen molar-refractivity contribution in [2.75, 3.05) is 7.05 Å². The summed E-state index contributed by atoms with van der Waals surface area (Å²) in [6.07, 6.45) is 3.20. The number of nitrogens with zero attached hydrogens (tertiary/aromatic N) is 3. The third kappa shape index (κ3) is 2.70. The normalized spacial score (nSPS) is 10.7. The molecule has 5 nitrogen and oxygen atoms in total. The van der Waals surface area contributed by atoms with Gasteiger partial charge in [0.25, 0.3) is 5.91 Å². The Labute approximate surface area is 135 Å². The summed E-state index contributed by atoms with van der Waals surface area (Å²) in [7, 11) is 1.30. The lowest BCUT2D eigenvalue weighted by molar-refractivity contribution is -0.0373. The van der Waals surface area contributed by atoms with E-state index in [1.807, 2.05) is 24.3 Å². The van der Waals surface area contributed by atoms with E-state index in [1.165, 1.54) is 7.05 Å². The standard InChI is InChI=1S/C16H12BrN3O2/c1-20(22)16(21)12-8-15(10-2-4-11(17)5-3-10)19-14-6-7-18-9-13(12)14/h2-9,22H,1H3. The maximum absolute atomic E-state index is 12.2. The van der Waals surface area contributed by atoms with Crippen LogP contribution >= 0.6 is 15.9 Å². The summed E-state index contributed by atoms with van der Waals surface area (Å²) < 4.78 is 0.965. The van der Waals surface area contributed by atoms with Crippen molar-refractivity contribution in [1.82, 2.24) is 15.0 Å². The Morgan fingerprint density at radius 3 is 2.64 bits per heavy atom. The Kier molecular flexibility index (Phi) is 3.87. The molecule has 0 unspecified atom stereocenters. The van der Waals surface area contributed by atoms with Crippen molar-refractivity contribution in [2.45, 2.75) is 0 Å². The lowest BCUT2D eigenvalue weighted by Crippen LogP contribution is -2.23. The molecule has 3 rings (SSSR count). The van der Waals surface area contributed by atoms with E-state index >= 15 is 0 Å². The molecule has 0 aliphatic carbocycles. The van der Waals surface area contributed by atoms with E-state index in [1.54, 1.807) is 24.5 Å². The van der Waals surface area contributed by atoms with Crippen LogP contribution in [0.4, 0.5) is 0 Å². The molecule has 0 spiro atoms. The van der Waals surface area contributed by atoms with Crippen LogP contribution in [-0.2, 0) is 0 Å². The number of pyridine rings is 2. The van der Waals surface area contributed by atoms with E-state index < -0.39 is 5.91 Å². The van der Waals surface area contributed by atoms with E-state index in [0.717, 1.165) is 10.0 Å². The quantitative estimate of drug-likeness (QED) is 0.562. The number of hydroxylamine groups is 2. The van der Waals surface area contributed by atoms with Gasteiger partial charge in [-0.3, -0.25) is 15.0 Å². The number of carbonyl (C=O) groups excluding carboxylic acids is 1. The van der Waals surface area contributed by atoms with Crippen LogP contribution in [0.3, 0.4) is 0 Å².